The standard InChI is InChI=1S/C13H10Cl3N3O2/c1-6(14)12(20)17-8-4-2-7(3-5-8)11-9(15)10(16)13(21)19-18-11/h2-6H,1H3,(H,17,20)(H,19,21). The van der Waals surface area contributed by atoms with Gasteiger partial charge in [0, 0.05) is 11.3 Å². The number of nitrogens with one attached hydrogen (secondary N) is 2. The molecule has 0 aliphatic heterocycles. The molecule has 1 aromatic carbocycles. The zero-order valence-electron chi connectivity index (χ0n) is 10.8. The molecule has 1 atom stereocenters. The monoisotopic (exact) mass is 345 g/mol. The van der Waals surface area contributed by atoms with Crippen molar-refractivity contribution in [3.63, 3.8) is 0 Å². The molecule has 0 spiro atoms. The third kappa shape index (κ3) is 3.56. The van der Waals surface area contributed by atoms with E-state index in [1.165, 1.54) is 0 Å². The molecule has 2 aromatic rings. The van der Waals surface area contributed by atoms with Crippen molar-refractivity contribution in [2.75, 3.05) is 5.32 Å². The van der Waals surface area contributed by atoms with Crippen LogP contribution in [0.15, 0.2) is 29.1 Å². The van der Waals surface area contributed by atoms with Crippen LogP contribution in [0.1, 0.15) is 6.92 Å². The number of hydrogen-bond donors (Lipinski definition) is 2. The lowest BCUT2D eigenvalue weighted by molar-refractivity contribution is -0.115. The highest BCUT2D eigenvalue weighted by Gasteiger charge is 2.13. The number of aromatic nitrogens is 2. The molecule has 1 heterocycles. The van der Waals surface area contributed by atoms with E-state index in [0.717, 1.165) is 0 Å². The van der Waals surface area contributed by atoms with Crippen LogP contribution in [0.3, 0.4) is 0 Å². The Kier molecular flexibility index (Phi) is 4.88. The minimum Gasteiger partial charge on any atom is -0.325 e. The Bertz CT molecular complexity index is 726. The van der Waals surface area contributed by atoms with Crippen LogP contribution in [0.4, 0.5) is 5.69 Å². The highest BCUT2D eigenvalue weighted by molar-refractivity contribution is 6.43. The summed E-state index contributed by atoms with van der Waals surface area (Å²) in [4.78, 5) is 22.7. The number of hydrogen-bond acceptors (Lipinski definition) is 3. The van der Waals surface area contributed by atoms with E-state index in [0.29, 0.717) is 16.9 Å². The van der Waals surface area contributed by atoms with Crippen LogP contribution in [-0.4, -0.2) is 21.5 Å². The maximum Gasteiger partial charge on any atom is 0.284 e. The summed E-state index contributed by atoms with van der Waals surface area (Å²) in [6, 6.07) is 6.72. The zero-order chi connectivity index (χ0) is 15.6. The second-order valence-electron chi connectivity index (χ2n) is 4.21. The van der Waals surface area contributed by atoms with Gasteiger partial charge in [-0.2, -0.15) is 5.10 Å². The smallest absolute Gasteiger partial charge is 0.284 e. The van der Waals surface area contributed by atoms with E-state index < -0.39 is 10.9 Å². The van der Waals surface area contributed by atoms with Crippen molar-refractivity contribution in [2.45, 2.75) is 12.3 Å². The molecule has 110 valence electrons. The van der Waals surface area contributed by atoms with E-state index >= 15 is 0 Å². The molecule has 0 saturated carbocycles. The number of alkyl halides is 1. The first-order chi connectivity index (χ1) is 9.90. The van der Waals surface area contributed by atoms with Crippen molar-refractivity contribution in [1.29, 1.82) is 0 Å². The molecule has 2 rings (SSSR count). The number of rotatable bonds is 3. The molecule has 0 aliphatic carbocycles. The summed E-state index contributed by atoms with van der Waals surface area (Å²) in [6.45, 7) is 1.58. The Morgan fingerprint density at radius 2 is 1.86 bits per heavy atom. The van der Waals surface area contributed by atoms with Crippen LogP contribution in [-0.2, 0) is 4.79 Å². The summed E-state index contributed by atoms with van der Waals surface area (Å²) in [6.07, 6.45) is 0. The lowest BCUT2D eigenvalue weighted by Crippen LogP contribution is -2.20. The van der Waals surface area contributed by atoms with Crippen LogP contribution >= 0.6 is 34.8 Å². The van der Waals surface area contributed by atoms with Gasteiger partial charge in [0.25, 0.3) is 5.56 Å². The molecule has 8 heteroatoms. The van der Waals surface area contributed by atoms with Crippen molar-refractivity contribution in [2.24, 2.45) is 0 Å². The molecular weight excluding hydrogens is 337 g/mol. The molecule has 1 unspecified atom stereocenters. The molecular formula is C13H10Cl3N3O2. The second kappa shape index (κ2) is 6.47. The van der Waals surface area contributed by atoms with E-state index in [9.17, 15) is 9.59 Å². The number of carbonyl (C=O) groups is 1. The van der Waals surface area contributed by atoms with Crippen molar-refractivity contribution in [3.8, 4) is 11.3 Å². The van der Waals surface area contributed by atoms with Crippen LogP contribution in [0, 0.1) is 0 Å². The Balaban J connectivity index is 2.30. The first-order valence-corrected chi connectivity index (χ1v) is 7.08. The van der Waals surface area contributed by atoms with Gasteiger partial charge in [0.15, 0.2) is 0 Å². The van der Waals surface area contributed by atoms with E-state index in [2.05, 4.69) is 15.5 Å². The molecule has 0 saturated heterocycles. The van der Waals surface area contributed by atoms with Gasteiger partial charge in [-0.3, -0.25) is 9.59 Å². The van der Waals surface area contributed by atoms with Crippen molar-refractivity contribution >= 4 is 46.4 Å². The fourth-order valence-electron chi connectivity index (χ4n) is 1.55. The molecule has 0 aliphatic rings. The second-order valence-corrected chi connectivity index (χ2v) is 5.62. The van der Waals surface area contributed by atoms with Crippen LogP contribution in [0.5, 0.6) is 0 Å². The maximum absolute atomic E-state index is 11.5. The summed E-state index contributed by atoms with van der Waals surface area (Å²) in [5.74, 6) is -0.298. The van der Waals surface area contributed by atoms with Crippen LogP contribution < -0.4 is 10.9 Å². The maximum atomic E-state index is 11.5. The molecule has 0 radical (unpaired) electrons. The van der Waals surface area contributed by atoms with Crippen LogP contribution in [0.25, 0.3) is 11.3 Å². The summed E-state index contributed by atoms with van der Waals surface area (Å²) in [5, 5.41) is 8.11. The number of halogens is 3. The first-order valence-electron chi connectivity index (χ1n) is 5.89. The lowest BCUT2D eigenvalue weighted by Gasteiger charge is -2.08. The first kappa shape index (κ1) is 15.8. The van der Waals surface area contributed by atoms with Gasteiger partial charge in [0.05, 0.1) is 5.02 Å². The molecule has 21 heavy (non-hydrogen) atoms. The molecule has 5 nitrogen and oxygen atoms in total. The topological polar surface area (TPSA) is 74.8 Å². The van der Waals surface area contributed by atoms with E-state index in [1.54, 1.807) is 31.2 Å². The van der Waals surface area contributed by atoms with Crippen molar-refractivity contribution in [1.82, 2.24) is 10.2 Å². The Hall–Kier alpha value is -1.56. The predicted octanol–water partition coefficient (Wildman–Crippen LogP) is 3.31. The summed E-state index contributed by atoms with van der Waals surface area (Å²) in [5.41, 5.74) is 1.04. The van der Waals surface area contributed by atoms with Gasteiger partial charge in [-0.05, 0) is 19.1 Å². The summed E-state index contributed by atoms with van der Waals surface area (Å²) >= 11 is 17.4. The summed E-state index contributed by atoms with van der Waals surface area (Å²) in [7, 11) is 0. The van der Waals surface area contributed by atoms with Crippen LogP contribution in [0.2, 0.25) is 10.0 Å². The SMILES string of the molecule is CC(Cl)C(=O)Nc1ccc(-c2n[nH]c(=O)c(Cl)c2Cl)cc1. The highest BCUT2D eigenvalue weighted by Crippen LogP contribution is 2.29. The van der Waals surface area contributed by atoms with Gasteiger partial charge >= 0.3 is 0 Å². The van der Waals surface area contributed by atoms with Gasteiger partial charge in [0.1, 0.15) is 16.1 Å². The number of carbonyl (C=O) groups excluding carboxylic acids is 1. The molecule has 1 aromatic heterocycles. The van der Waals surface area contributed by atoms with Gasteiger partial charge in [-0.25, -0.2) is 5.10 Å². The zero-order valence-corrected chi connectivity index (χ0v) is 13.1. The fraction of sp³-hybridized carbons (Fsp3) is 0.154. The Labute approximate surface area is 135 Å². The third-order valence-electron chi connectivity index (χ3n) is 2.66. The Morgan fingerprint density at radius 3 is 2.43 bits per heavy atom. The number of aromatic amines is 1. The molecule has 0 fully saturated rings. The number of nitrogens with zero attached hydrogens (tertiary/aromatic N) is 1. The van der Waals surface area contributed by atoms with Gasteiger partial charge < -0.3 is 5.32 Å². The minimum absolute atomic E-state index is 0.0755. The fourth-order valence-corrected chi connectivity index (χ4v) is 1.98. The normalized spacial score (nSPS) is 12.0. The molecule has 0 bridgehead atoms. The predicted molar refractivity (Wildman–Crippen MR) is 84.3 cm³/mol. The molecule has 2 N–H and O–H groups in total. The minimum atomic E-state index is -0.626. The Morgan fingerprint density at radius 1 is 1.24 bits per heavy atom. The van der Waals surface area contributed by atoms with Gasteiger partial charge in [-0.1, -0.05) is 35.3 Å². The number of anilines is 1. The van der Waals surface area contributed by atoms with Crippen molar-refractivity contribution < 1.29 is 4.79 Å². The summed E-state index contributed by atoms with van der Waals surface area (Å²) < 4.78 is 0. The largest absolute Gasteiger partial charge is 0.325 e. The number of benzene rings is 1. The average Bonchev–Trinajstić information content (AvgIpc) is 2.46. The van der Waals surface area contributed by atoms with Crippen molar-refractivity contribution in [3.05, 3.63) is 44.7 Å². The third-order valence-corrected chi connectivity index (χ3v) is 3.68. The molecule has 1 amide bonds. The van der Waals surface area contributed by atoms with E-state index in [-0.39, 0.29) is 16.0 Å². The number of amides is 1. The van der Waals surface area contributed by atoms with Gasteiger partial charge in [0.2, 0.25) is 5.91 Å². The van der Waals surface area contributed by atoms with E-state index in [4.69, 9.17) is 34.8 Å². The highest BCUT2D eigenvalue weighted by atomic mass is 35.5. The van der Waals surface area contributed by atoms with E-state index in [1.807, 2.05) is 0 Å². The quantitative estimate of drug-likeness (QED) is 0.837. The van der Waals surface area contributed by atoms with Gasteiger partial charge in [-0.15, -0.1) is 11.6 Å². The average molecular weight is 347 g/mol. The number of H-pyrrole nitrogens is 1. The lowest BCUT2D eigenvalue weighted by atomic mass is 10.1.